The van der Waals surface area contributed by atoms with Gasteiger partial charge in [-0.05, 0) is 18.6 Å². The van der Waals surface area contributed by atoms with Crippen LogP contribution >= 0.6 is 0 Å². The molecule has 1 aromatic carbocycles. The maximum atomic E-state index is 12.3. The lowest BCUT2D eigenvalue weighted by Crippen LogP contribution is -2.44. The van der Waals surface area contributed by atoms with Gasteiger partial charge in [-0.3, -0.25) is 4.79 Å². The SMILES string of the molecule is COCCCNC(=O)c1ccccc1N1CCNCC1. The number of anilines is 1. The van der Waals surface area contributed by atoms with Crippen molar-refractivity contribution in [3.05, 3.63) is 29.8 Å². The third-order valence-corrected chi connectivity index (χ3v) is 3.42. The zero-order chi connectivity index (χ0) is 14.2. The summed E-state index contributed by atoms with van der Waals surface area (Å²) >= 11 is 0. The Morgan fingerprint density at radius 1 is 1.35 bits per heavy atom. The zero-order valence-electron chi connectivity index (χ0n) is 12.0. The van der Waals surface area contributed by atoms with Crippen LogP contribution < -0.4 is 15.5 Å². The predicted octanol–water partition coefficient (Wildman–Crippen LogP) is 0.862. The first kappa shape index (κ1) is 14.8. The standard InChI is InChI=1S/C15H23N3O2/c1-20-12-4-7-17-15(19)13-5-2-3-6-14(13)18-10-8-16-9-11-18/h2-3,5-6,16H,4,7-12H2,1H3,(H,17,19). The summed E-state index contributed by atoms with van der Waals surface area (Å²) in [4.78, 5) is 14.5. The average Bonchev–Trinajstić information content (AvgIpc) is 2.52. The summed E-state index contributed by atoms with van der Waals surface area (Å²) in [7, 11) is 1.67. The summed E-state index contributed by atoms with van der Waals surface area (Å²) in [5.74, 6) is -0.00441. The van der Waals surface area contributed by atoms with E-state index in [1.165, 1.54) is 0 Å². The molecular formula is C15H23N3O2. The zero-order valence-corrected chi connectivity index (χ0v) is 12.0. The van der Waals surface area contributed by atoms with Crippen LogP contribution in [0.25, 0.3) is 0 Å². The first-order chi connectivity index (χ1) is 9.83. The molecular weight excluding hydrogens is 254 g/mol. The van der Waals surface area contributed by atoms with Gasteiger partial charge in [0.25, 0.3) is 5.91 Å². The van der Waals surface area contributed by atoms with E-state index in [0.717, 1.165) is 43.9 Å². The molecule has 2 N–H and O–H groups in total. The number of hydrogen-bond acceptors (Lipinski definition) is 4. The van der Waals surface area contributed by atoms with Crippen molar-refractivity contribution in [2.45, 2.75) is 6.42 Å². The van der Waals surface area contributed by atoms with Crippen LogP contribution in [0.4, 0.5) is 5.69 Å². The van der Waals surface area contributed by atoms with Crippen LogP contribution in [0.3, 0.4) is 0 Å². The van der Waals surface area contributed by atoms with Crippen molar-refractivity contribution in [1.29, 1.82) is 0 Å². The van der Waals surface area contributed by atoms with Gasteiger partial charge in [-0.2, -0.15) is 0 Å². The number of carbonyl (C=O) groups excluding carboxylic acids is 1. The topological polar surface area (TPSA) is 53.6 Å². The van der Waals surface area contributed by atoms with Crippen molar-refractivity contribution < 1.29 is 9.53 Å². The second-order valence-electron chi connectivity index (χ2n) is 4.86. The van der Waals surface area contributed by atoms with Crippen molar-refractivity contribution in [1.82, 2.24) is 10.6 Å². The fourth-order valence-corrected chi connectivity index (χ4v) is 2.36. The van der Waals surface area contributed by atoms with Crippen LogP contribution in [-0.2, 0) is 4.74 Å². The normalized spacial score (nSPS) is 15.2. The van der Waals surface area contributed by atoms with Gasteiger partial charge in [-0.1, -0.05) is 12.1 Å². The minimum absolute atomic E-state index is 0.00441. The molecule has 1 fully saturated rings. The molecule has 5 heteroatoms. The predicted molar refractivity (Wildman–Crippen MR) is 80.4 cm³/mol. The molecule has 1 amide bonds. The lowest BCUT2D eigenvalue weighted by atomic mass is 10.1. The van der Waals surface area contributed by atoms with E-state index < -0.39 is 0 Å². The van der Waals surface area contributed by atoms with Crippen LogP contribution in [0.5, 0.6) is 0 Å². The molecule has 110 valence electrons. The summed E-state index contributed by atoms with van der Waals surface area (Å²) in [6.07, 6.45) is 0.831. The van der Waals surface area contributed by atoms with Gasteiger partial charge in [0.15, 0.2) is 0 Å². The van der Waals surface area contributed by atoms with E-state index >= 15 is 0 Å². The molecule has 0 aliphatic carbocycles. The summed E-state index contributed by atoms with van der Waals surface area (Å²) in [5.41, 5.74) is 1.78. The molecule has 0 radical (unpaired) electrons. The molecule has 0 bridgehead atoms. The van der Waals surface area contributed by atoms with Crippen LogP contribution in [0.15, 0.2) is 24.3 Å². The second kappa shape index (κ2) is 7.87. The van der Waals surface area contributed by atoms with E-state index in [4.69, 9.17) is 4.74 Å². The monoisotopic (exact) mass is 277 g/mol. The van der Waals surface area contributed by atoms with Crippen molar-refractivity contribution in [2.75, 3.05) is 51.3 Å². The highest BCUT2D eigenvalue weighted by Gasteiger charge is 2.17. The number of hydrogen-bond donors (Lipinski definition) is 2. The Balaban J connectivity index is 2.01. The number of amides is 1. The number of rotatable bonds is 6. The third-order valence-electron chi connectivity index (χ3n) is 3.42. The summed E-state index contributed by atoms with van der Waals surface area (Å²) in [6, 6.07) is 7.81. The van der Waals surface area contributed by atoms with Gasteiger partial charge < -0.3 is 20.3 Å². The minimum atomic E-state index is -0.00441. The molecule has 5 nitrogen and oxygen atoms in total. The smallest absolute Gasteiger partial charge is 0.253 e. The lowest BCUT2D eigenvalue weighted by Gasteiger charge is -2.30. The molecule has 1 aromatic rings. The largest absolute Gasteiger partial charge is 0.385 e. The molecule has 1 saturated heterocycles. The van der Waals surface area contributed by atoms with E-state index in [9.17, 15) is 4.79 Å². The van der Waals surface area contributed by atoms with Crippen molar-refractivity contribution in [3.8, 4) is 0 Å². The number of nitrogens with one attached hydrogen (secondary N) is 2. The Morgan fingerprint density at radius 3 is 2.85 bits per heavy atom. The second-order valence-corrected chi connectivity index (χ2v) is 4.86. The molecule has 0 atom stereocenters. The Labute approximate surface area is 120 Å². The van der Waals surface area contributed by atoms with Crippen molar-refractivity contribution >= 4 is 11.6 Å². The molecule has 20 heavy (non-hydrogen) atoms. The van der Waals surface area contributed by atoms with E-state index in [2.05, 4.69) is 15.5 Å². The molecule has 0 saturated carbocycles. The van der Waals surface area contributed by atoms with Gasteiger partial charge >= 0.3 is 0 Å². The molecule has 0 spiro atoms. The number of ether oxygens (including phenoxy) is 1. The number of para-hydroxylation sites is 1. The Hall–Kier alpha value is -1.59. The molecule has 1 aliphatic heterocycles. The Morgan fingerprint density at radius 2 is 2.10 bits per heavy atom. The number of benzene rings is 1. The average molecular weight is 277 g/mol. The van der Waals surface area contributed by atoms with Crippen LogP contribution in [-0.4, -0.2) is 52.3 Å². The first-order valence-corrected chi connectivity index (χ1v) is 7.15. The van der Waals surface area contributed by atoms with Crippen LogP contribution in [0.1, 0.15) is 16.8 Å². The summed E-state index contributed by atoms with van der Waals surface area (Å²) < 4.78 is 4.98. The Bertz CT molecular complexity index is 431. The van der Waals surface area contributed by atoms with E-state index in [1.54, 1.807) is 7.11 Å². The van der Waals surface area contributed by atoms with Gasteiger partial charge in [0, 0.05) is 52.1 Å². The van der Waals surface area contributed by atoms with Gasteiger partial charge in [0.1, 0.15) is 0 Å². The van der Waals surface area contributed by atoms with Crippen molar-refractivity contribution in [2.24, 2.45) is 0 Å². The first-order valence-electron chi connectivity index (χ1n) is 7.15. The number of carbonyl (C=O) groups is 1. The minimum Gasteiger partial charge on any atom is -0.385 e. The van der Waals surface area contributed by atoms with E-state index in [0.29, 0.717) is 13.2 Å². The highest BCUT2D eigenvalue weighted by molar-refractivity contribution is 5.99. The van der Waals surface area contributed by atoms with Crippen molar-refractivity contribution in [3.63, 3.8) is 0 Å². The highest BCUT2D eigenvalue weighted by atomic mass is 16.5. The van der Waals surface area contributed by atoms with Crippen LogP contribution in [0.2, 0.25) is 0 Å². The van der Waals surface area contributed by atoms with Gasteiger partial charge in [0.05, 0.1) is 5.56 Å². The fraction of sp³-hybridized carbons (Fsp3) is 0.533. The van der Waals surface area contributed by atoms with E-state index in [-0.39, 0.29) is 5.91 Å². The fourth-order valence-electron chi connectivity index (χ4n) is 2.36. The molecule has 2 rings (SSSR count). The molecule has 0 aromatic heterocycles. The van der Waals surface area contributed by atoms with Gasteiger partial charge in [-0.15, -0.1) is 0 Å². The lowest BCUT2D eigenvalue weighted by molar-refractivity contribution is 0.0949. The summed E-state index contributed by atoms with van der Waals surface area (Å²) in [5, 5.41) is 6.28. The number of piperazine rings is 1. The quantitative estimate of drug-likeness (QED) is 0.757. The Kier molecular flexibility index (Phi) is 5.83. The van der Waals surface area contributed by atoms with Gasteiger partial charge in [-0.25, -0.2) is 0 Å². The maximum absolute atomic E-state index is 12.3. The van der Waals surface area contributed by atoms with Crippen LogP contribution in [0, 0.1) is 0 Å². The number of nitrogens with zero attached hydrogens (tertiary/aromatic N) is 1. The molecule has 0 unspecified atom stereocenters. The summed E-state index contributed by atoms with van der Waals surface area (Å²) in [6.45, 7) is 5.11. The highest BCUT2D eigenvalue weighted by Crippen LogP contribution is 2.20. The number of methoxy groups -OCH3 is 1. The molecule has 1 aliphatic rings. The van der Waals surface area contributed by atoms with Gasteiger partial charge in [0.2, 0.25) is 0 Å². The van der Waals surface area contributed by atoms with E-state index in [1.807, 2.05) is 24.3 Å². The molecule has 1 heterocycles. The third kappa shape index (κ3) is 3.95. The maximum Gasteiger partial charge on any atom is 0.253 e.